The van der Waals surface area contributed by atoms with E-state index in [0.29, 0.717) is 17.5 Å². The molecule has 5 nitrogen and oxygen atoms in total. The molecule has 0 aliphatic rings. The quantitative estimate of drug-likeness (QED) is 0.165. The van der Waals surface area contributed by atoms with Gasteiger partial charge in [0, 0.05) is 49.3 Å². The van der Waals surface area contributed by atoms with Crippen LogP contribution in [0.1, 0.15) is 0 Å². The number of fused-ring (bicyclic) bond motifs is 11. The number of benzene rings is 8. The second-order valence-corrected chi connectivity index (χ2v) is 14.9. The van der Waals surface area contributed by atoms with Crippen LogP contribution in [-0.4, -0.2) is 23.9 Å². The Hall–Kier alpha value is -7.89. The van der Waals surface area contributed by atoms with Gasteiger partial charge >= 0.3 is 0 Å². The highest BCUT2D eigenvalue weighted by Gasteiger charge is 2.19. The van der Waals surface area contributed by atoms with Gasteiger partial charge in [-0.15, -0.1) is 0 Å². The molecule has 12 aromatic rings. The van der Waals surface area contributed by atoms with Crippen molar-refractivity contribution in [3.05, 3.63) is 200 Å². The van der Waals surface area contributed by atoms with Gasteiger partial charge in [-0.1, -0.05) is 158 Å². The van der Waals surface area contributed by atoms with Crippen LogP contribution < -0.4 is 0 Å². The maximum Gasteiger partial charge on any atom is 0.164 e. The first-order valence-corrected chi connectivity index (χ1v) is 19.6. The first-order chi connectivity index (χ1) is 28.7. The Kier molecular flexibility index (Phi) is 7.16. The molecule has 5 heteroatoms. The van der Waals surface area contributed by atoms with Gasteiger partial charge in [-0.25, -0.2) is 15.0 Å². The Morgan fingerprint density at radius 2 is 0.759 bits per heavy atom. The minimum Gasteiger partial charge on any atom is -0.309 e. The van der Waals surface area contributed by atoms with Crippen LogP contribution in [0.5, 0.6) is 0 Å². The lowest BCUT2D eigenvalue weighted by molar-refractivity contribution is 1.07. The van der Waals surface area contributed by atoms with E-state index in [4.69, 9.17) is 15.0 Å². The van der Waals surface area contributed by atoms with Crippen LogP contribution in [0.3, 0.4) is 0 Å². The Bertz CT molecular complexity index is 3490. The van der Waals surface area contributed by atoms with Crippen molar-refractivity contribution in [1.82, 2.24) is 23.9 Å². The van der Waals surface area contributed by atoms with Gasteiger partial charge < -0.3 is 8.97 Å². The molecule has 0 aliphatic heterocycles. The summed E-state index contributed by atoms with van der Waals surface area (Å²) < 4.78 is 4.88. The van der Waals surface area contributed by atoms with Gasteiger partial charge in [0.05, 0.1) is 27.6 Å². The molecule has 0 aliphatic carbocycles. The van der Waals surface area contributed by atoms with Crippen molar-refractivity contribution in [3.63, 3.8) is 0 Å². The van der Waals surface area contributed by atoms with E-state index in [9.17, 15) is 0 Å². The lowest BCUT2D eigenvalue weighted by atomic mass is 10.0. The number of para-hydroxylation sites is 2. The zero-order valence-corrected chi connectivity index (χ0v) is 31.3. The van der Waals surface area contributed by atoms with E-state index in [-0.39, 0.29) is 0 Å². The summed E-state index contributed by atoms with van der Waals surface area (Å²) in [6.07, 6.45) is 0. The number of nitrogens with zero attached hydrogens (tertiary/aromatic N) is 5. The van der Waals surface area contributed by atoms with E-state index >= 15 is 0 Å². The van der Waals surface area contributed by atoms with Crippen molar-refractivity contribution in [2.75, 3.05) is 0 Å². The second-order valence-electron chi connectivity index (χ2n) is 14.9. The third-order valence-electron chi connectivity index (χ3n) is 11.5. The maximum absolute atomic E-state index is 4.95. The van der Waals surface area contributed by atoms with E-state index in [1.165, 1.54) is 59.9 Å². The molecular formula is C53H33N5. The van der Waals surface area contributed by atoms with Crippen LogP contribution in [0, 0.1) is 0 Å². The fourth-order valence-electron chi connectivity index (χ4n) is 8.81. The molecule has 0 radical (unpaired) electrons. The molecule has 0 saturated carbocycles. The number of pyridine rings is 1. The van der Waals surface area contributed by atoms with E-state index < -0.39 is 0 Å². The molecule has 0 fully saturated rings. The predicted octanol–water partition coefficient (Wildman–Crippen LogP) is 13.3. The summed E-state index contributed by atoms with van der Waals surface area (Å²) in [6, 6.07) is 71.1. The molecule has 4 heterocycles. The molecule has 8 aromatic carbocycles. The molecule has 0 atom stereocenters. The van der Waals surface area contributed by atoms with Crippen molar-refractivity contribution >= 4 is 59.9 Å². The van der Waals surface area contributed by atoms with Gasteiger partial charge in [-0.05, 0) is 59.0 Å². The Balaban J connectivity index is 1.00. The second kappa shape index (κ2) is 12.8. The lowest BCUT2D eigenvalue weighted by Gasteiger charge is -2.13. The minimum atomic E-state index is 0.642. The molecule has 270 valence electrons. The highest BCUT2D eigenvalue weighted by atomic mass is 15.0. The maximum atomic E-state index is 4.95. The molecular weight excluding hydrogens is 707 g/mol. The highest BCUT2D eigenvalue weighted by molar-refractivity contribution is 6.21. The summed E-state index contributed by atoms with van der Waals surface area (Å²) in [5.41, 5.74) is 12.2. The largest absolute Gasteiger partial charge is 0.309 e. The molecule has 0 amide bonds. The number of aromatic nitrogens is 5. The van der Waals surface area contributed by atoms with Gasteiger partial charge in [0.2, 0.25) is 0 Å². The summed E-state index contributed by atoms with van der Waals surface area (Å²) in [7, 11) is 0. The third kappa shape index (κ3) is 5.07. The normalized spacial score (nSPS) is 11.8. The summed E-state index contributed by atoms with van der Waals surface area (Å²) in [5, 5.41) is 7.45. The Morgan fingerprint density at radius 3 is 1.45 bits per heavy atom. The van der Waals surface area contributed by atoms with Gasteiger partial charge in [-0.3, -0.25) is 0 Å². The molecule has 0 spiro atoms. The average Bonchev–Trinajstić information content (AvgIpc) is 3.85. The van der Waals surface area contributed by atoms with Crippen LogP contribution in [-0.2, 0) is 0 Å². The molecule has 58 heavy (non-hydrogen) atoms. The number of rotatable bonds is 5. The molecule has 12 rings (SSSR count). The number of hydrogen-bond donors (Lipinski definition) is 0. The SMILES string of the molecule is c1ccc(-c2nc(-c3ccccc3)nc(-c3ccc(-c4cccc(-n5c6ccccc6c6cc7c(cc65)c5ccccc5c5cc6ccccc6n57)c4)cc3)n2)cc1. The zero-order valence-electron chi connectivity index (χ0n) is 31.3. The van der Waals surface area contributed by atoms with Crippen molar-refractivity contribution in [2.24, 2.45) is 0 Å². The van der Waals surface area contributed by atoms with Crippen molar-refractivity contribution < 1.29 is 0 Å². The van der Waals surface area contributed by atoms with Crippen molar-refractivity contribution in [1.29, 1.82) is 0 Å². The first kappa shape index (κ1) is 32.4. The summed E-state index contributed by atoms with van der Waals surface area (Å²) in [5.74, 6) is 1.95. The fraction of sp³-hybridized carbons (Fsp3) is 0. The van der Waals surface area contributed by atoms with E-state index in [1.54, 1.807) is 0 Å². The van der Waals surface area contributed by atoms with Crippen LogP contribution in [0.4, 0.5) is 0 Å². The summed E-state index contributed by atoms with van der Waals surface area (Å²) in [6.45, 7) is 0. The van der Waals surface area contributed by atoms with Gasteiger partial charge in [-0.2, -0.15) is 0 Å². The van der Waals surface area contributed by atoms with Crippen molar-refractivity contribution in [3.8, 4) is 51.0 Å². The first-order valence-electron chi connectivity index (χ1n) is 19.6. The van der Waals surface area contributed by atoms with Crippen LogP contribution in [0.15, 0.2) is 200 Å². The molecule has 0 bridgehead atoms. The highest BCUT2D eigenvalue weighted by Crippen LogP contribution is 2.40. The standard InChI is InChI=1S/C53H33N5/c1-3-14-35(15-4-1)51-54-52(36-16-5-2-6-17-36)56-53(55-51)37-28-26-34(27-29-37)38-19-13-20-40(30-38)57-47-25-12-10-23-43(47)45-33-50-44(32-49(45)57)41-21-8-9-22-42(41)48-31-39-18-7-11-24-46(39)58(48)50/h1-33H. The van der Waals surface area contributed by atoms with Crippen LogP contribution in [0.25, 0.3) is 111 Å². The van der Waals surface area contributed by atoms with Gasteiger partial charge in [0.15, 0.2) is 17.5 Å². The van der Waals surface area contributed by atoms with Crippen LogP contribution in [0.2, 0.25) is 0 Å². The molecule has 0 saturated heterocycles. The number of hydrogen-bond acceptors (Lipinski definition) is 3. The average molecular weight is 740 g/mol. The van der Waals surface area contributed by atoms with E-state index in [1.807, 2.05) is 60.7 Å². The zero-order chi connectivity index (χ0) is 38.2. The smallest absolute Gasteiger partial charge is 0.164 e. The van der Waals surface area contributed by atoms with Gasteiger partial charge in [0.25, 0.3) is 0 Å². The monoisotopic (exact) mass is 739 g/mol. The molecule has 0 N–H and O–H groups in total. The van der Waals surface area contributed by atoms with Crippen LogP contribution >= 0.6 is 0 Å². The van der Waals surface area contributed by atoms with E-state index in [2.05, 4.69) is 148 Å². The topological polar surface area (TPSA) is 48.0 Å². The van der Waals surface area contributed by atoms with E-state index in [0.717, 1.165) is 33.5 Å². The Labute approximate surface area is 333 Å². The fourth-order valence-corrected chi connectivity index (χ4v) is 8.81. The predicted molar refractivity (Wildman–Crippen MR) is 239 cm³/mol. The summed E-state index contributed by atoms with van der Waals surface area (Å²) in [4.78, 5) is 14.8. The van der Waals surface area contributed by atoms with Gasteiger partial charge in [0.1, 0.15) is 0 Å². The Morgan fingerprint density at radius 1 is 0.276 bits per heavy atom. The third-order valence-corrected chi connectivity index (χ3v) is 11.5. The lowest BCUT2D eigenvalue weighted by Crippen LogP contribution is -2.00. The van der Waals surface area contributed by atoms with Crippen molar-refractivity contribution in [2.45, 2.75) is 0 Å². The molecule has 4 aromatic heterocycles. The minimum absolute atomic E-state index is 0.642. The summed E-state index contributed by atoms with van der Waals surface area (Å²) >= 11 is 0. The molecule has 0 unspecified atom stereocenters.